The van der Waals surface area contributed by atoms with Crippen molar-refractivity contribution in [3.63, 3.8) is 0 Å². The maximum Gasteiger partial charge on any atom is 0.274 e. The molecule has 2 aromatic heterocycles. The van der Waals surface area contributed by atoms with Crippen molar-refractivity contribution in [3.05, 3.63) is 57.9 Å². The van der Waals surface area contributed by atoms with Crippen LogP contribution < -0.4 is 0 Å². The van der Waals surface area contributed by atoms with Gasteiger partial charge < -0.3 is 14.7 Å². The molecule has 0 atom stereocenters. The molecule has 0 radical (unpaired) electrons. The van der Waals surface area contributed by atoms with Crippen LogP contribution in [0.2, 0.25) is 0 Å². The Labute approximate surface area is 200 Å². The van der Waals surface area contributed by atoms with Gasteiger partial charge in [-0.25, -0.2) is 4.68 Å². The summed E-state index contributed by atoms with van der Waals surface area (Å²) in [4.78, 5) is 22.1. The third-order valence-corrected chi connectivity index (χ3v) is 7.86. The number of hydrogen-bond acceptors (Lipinski definition) is 5. The van der Waals surface area contributed by atoms with Crippen molar-refractivity contribution in [1.82, 2.24) is 24.5 Å². The van der Waals surface area contributed by atoms with Gasteiger partial charge in [0, 0.05) is 42.2 Å². The Hall–Kier alpha value is -2.48. The van der Waals surface area contributed by atoms with Crippen LogP contribution >= 0.6 is 11.3 Å². The van der Waals surface area contributed by atoms with E-state index in [9.17, 15) is 4.79 Å². The van der Waals surface area contributed by atoms with Crippen LogP contribution in [0.15, 0.2) is 41.8 Å². The Balaban J connectivity index is 1.50. The predicted octanol–water partition coefficient (Wildman–Crippen LogP) is 3.80. The summed E-state index contributed by atoms with van der Waals surface area (Å²) >= 11 is 1.80. The molecule has 1 aromatic carbocycles. The number of para-hydroxylation sites is 1. The van der Waals surface area contributed by atoms with Crippen LogP contribution in [0.25, 0.3) is 16.9 Å². The first-order valence-corrected chi connectivity index (χ1v) is 12.9. The van der Waals surface area contributed by atoms with Crippen LogP contribution in [-0.2, 0) is 12.8 Å². The van der Waals surface area contributed by atoms with E-state index in [1.807, 2.05) is 27.8 Å². The summed E-state index contributed by atoms with van der Waals surface area (Å²) in [6.45, 7) is 5.72. The maximum atomic E-state index is 13.9. The van der Waals surface area contributed by atoms with Crippen LogP contribution in [0, 0.1) is 0 Å². The number of likely N-dealkylation sites (N-methyl/N-ethyl adjacent to an activating group) is 2. The van der Waals surface area contributed by atoms with Gasteiger partial charge in [-0.05, 0) is 76.4 Å². The molecular weight excluding hydrogens is 430 g/mol. The second-order valence-electron chi connectivity index (χ2n) is 9.29. The van der Waals surface area contributed by atoms with Gasteiger partial charge in [0.1, 0.15) is 0 Å². The van der Waals surface area contributed by atoms with Gasteiger partial charge in [0.15, 0.2) is 5.69 Å². The van der Waals surface area contributed by atoms with E-state index >= 15 is 0 Å². The summed E-state index contributed by atoms with van der Waals surface area (Å²) in [5.41, 5.74) is 5.09. The molecule has 33 heavy (non-hydrogen) atoms. The van der Waals surface area contributed by atoms with Crippen molar-refractivity contribution in [2.75, 3.05) is 53.4 Å². The fraction of sp³-hybridized carbons (Fsp3) is 0.462. The van der Waals surface area contributed by atoms with Crippen molar-refractivity contribution in [2.24, 2.45) is 0 Å². The molecule has 1 saturated heterocycles. The molecule has 1 amide bonds. The van der Waals surface area contributed by atoms with Crippen molar-refractivity contribution >= 4 is 17.2 Å². The van der Waals surface area contributed by atoms with E-state index in [2.05, 4.69) is 47.5 Å². The van der Waals surface area contributed by atoms with Crippen LogP contribution in [0.5, 0.6) is 0 Å². The molecule has 6 nitrogen and oxygen atoms in total. The van der Waals surface area contributed by atoms with Gasteiger partial charge in [0.25, 0.3) is 5.91 Å². The zero-order chi connectivity index (χ0) is 22.8. The zero-order valence-corrected chi connectivity index (χ0v) is 20.5. The zero-order valence-electron chi connectivity index (χ0n) is 19.7. The molecule has 1 aliphatic carbocycles. The normalized spacial score (nSPS) is 18.4. The third kappa shape index (κ3) is 4.63. The van der Waals surface area contributed by atoms with E-state index in [-0.39, 0.29) is 5.91 Å². The minimum atomic E-state index is 0.0872. The first kappa shape index (κ1) is 22.3. The van der Waals surface area contributed by atoms with Gasteiger partial charge in [-0.1, -0.05) is 18.2 Å². The van der Waals surface area contributed by atoms with Crippen molar-refractivity contribution in [2.45, 2.75) is 25.7 Å². The summed E-state index contributed by atoms with van der Waals surface area (Å²) in [5, 5.41) is 7.13. The lowest BCUT2D eigenvalue weighted by Gasteiger charge is -2.23. The number of rotatable bonds is 2. The number of aromatic nitrogens is 2. The summed E-state index contributed by atoms with van der Waals surface area (Å²) in [7, 11) is 4.35. The van der Waals surface area contributed by atoms with E-state index in [1.165, 1.54) is 10.4 Å². The van der Waals surface area contributed by atoms with Crippen LogP contribution in [-0.4, -0.2) is 83.8 Å². The number of nitrogens with zero attached hydrogens (tertiary/aromatic N) is 5. The highest BCUT2D eigenvalue weighted by molar-refractivity contribution is 7.10. The average Bonchev–Trinajstić information content (AvgIpc) is 3.45. The fourth-order valence-electron chi connectivity index (χ4n) is 4.97. The maximum absolute atomic E-state index is 13.9. The molecular formula is C26H33N5OS. The molecule has 1 aliphatic heterocycles. The first-order valence-electron chi connectivity index (χ1n) is 12.0. The summed E-state index contributed by atoms with van der Waals surface area (Å²) < 4.78 is 2.00. The van der Waals surface area contributed by atoms with Crippen molar-refractivity contribution < 1.29 is 4.79 Å². The van der Waals surface area contributed by atoms with Gasteiger partial charge in [-0.15, -0.1) is 11.3 Å². The summed E-state index contributed by atoms with van der Waals surface area (Å²) in [6, 6.07) is 12.4. The minimum Gasteiger partial charge on any atom is -0.337 e. The molecule has 0 bridgehead atoms. The molecule has 174 valence electrons. The molecule has 3 aromatic rings. The Bertz CT molecular complexity index is 1090. The Kier molecular flexibility index (Phi) is 6.62. The number of benzene rings is 1. The van der Waals surface area contributed by atoms with Gasteiger partial charge in [-0.2, -0.15) is 5.10 Å². The van der Waals surface area contributed by atoms with Crippen LogP contribution in [0.4, 0.5) is 0 Å². The lowest BCUT2D eigenvalue weighted by Crippen LogP contribution is -2.35. The Morgan fingerprint density at radius 1 is 0.879 bits per heavy atom. The second-order valence-corrected chi connectivity index (χ2v) is 10.3. The van der Waals surface area contributed by atoms with Gasteiger partial charge >= 0.3 is 0 Å². The molecule has 0 N–H and O–H groups in total. The fourth-order valence-corrected chi connectivity index (χ4v) is 5.85. The standard InChI is InChI=1S/C26H33N5OS/c1-28-13-6-15-30(16-7-14-29(2)18-17-28)26(32)24-22-10-11-23-21(12-19-33-23)25(22)31(27-24)20-8-4-3-5-9-20/h3-5,8-9,12,19H,6-7,10-11,13-18H2,1-2H3. The van der Waals surface area contributed by atoms with E-state index in [0.717, 1.165) is 81.9 Å². The number of carbonyl (C=O) groups is 1. The lowest BCUT2D eigenvalue weighted by atomic mass is 9.94. The van der Waals surface area contributed by atoms with Crippen LogP contribution in [0.3, 0.4) is 0 Å². The average molecular weight is 464 g/mol. The second kappa shape index (κ2) is 9.79. The topological polar surface area (TPSA) is 44.6 Å². The third-order valence-electron chi connectivity index (χ3n) is 6.88. The highest BCUT2D eigenvalue weighted by Crippen LogP contribution is 2.39. The number of carbonyl (C=O) groups excluding carboxylic acids is 1. The summed E-state index contributed by atoms with van der Waals surface area (Å²) in [6.07, 6.45) is 3.83. The highest BCUT2D eigenvalue weighted by Gasteiger charge is 2.31. The van der Waals surface area contributed by atoms with Crippen LogP contribution in [0.1, 0.15) is 33.8 Å². The van der Waals surface area contributed by atoms with Gasteiger partial charge in [0.2, 0.25) is 0 Å². The van der Waals surface area contributed by atoms with E-state index in [4.69, 9.17) is 5.10 Å². The number of hydrogen-bond donors (Lipinski definition) is 0. The molecule has 1 fully saturated rings. The lowest BCUT2D eigenvalue weighted by molar-refractivity contribution is 0.0739. The van der Waals surface area contributed by atoms with Gasteiger partial charge in [0.05, 0.1) is 11.4 Å². The highest BCUT2D eigenvalue weighted by atomic mass is 32.1. The molecule has 0 saturated carbocycles. The first-order chi connectivity index (χ1) is 16.1. The summed E-state index contributed by atoms with van der Waals surface area (Å²) in [5.74, 6) is 0.0872. The number of amides is 1. The van der Waals surface area contributed by atoms with Gasteiger partial charge in [-0.3, -0.25) is 4.79 Å². The quantitative estimate of drug-likeness (QED) is 0.580. The molecule has 0 unspecified atom stereocenters. The van der Waals surface area contributed by atoms with E-state index in [0.29, 0.717) is 5.69 Å². The molecule has 5 rings (SSSR count). The largest absolute Gasteiger partial charge is 0.337 e. The Morgan fingerprint density at radius 2 is 1.58 bits per heavy atom. The molecule has 0 spiro atoms. The number of fused-ring (bicyclic) bond motifs is 3. The van der Waals surface area contributed by atoms with Crippen molar-refractivity contribution in [3.8, 4) is 16.9 Å². The molecule has 2 aliphatic rings. The smallest absolute Gasteiger partial charge is 0.274 e. The predicted molar refractivity (Wildman–Crippen MR) is 134 cm³/mol. The van der Waals surface area contributed by atoms with E-state index < -0.39 is 0 Å². The van der Waals surface area contributed by atoms with E-state index in [1.54, 1.807) is 11.3 Å². The van der Waals surface area contributed by atoms with Crippen molar-refractivity contribution in [1.29, 1.82) is 0 Å². The number of aryl methyl sites for hydroxylation is 1. The monoisotopic (exact) mass is 463 g/mol. The minimum absolute atomic E-state index is 0.0872. The molecule has 7 heteroatoms. The Morgan fingerprint density at radius 3 is 2.27 bits per heavy atom. The number of thiophene rings is 1. The SMILES string of the molecule is CN1CCCN(C(=O)c2nn(-c3ccccc3)c3c2CCc2sccc2-3)CCCN(C)CC1. The molecule has 3 heterocycles.